The number of nitrogens with zero attached hydrogens (tertiary/aromatic N) is 1. The number of aliphatic hydroxyl groups is 1. The van der Waals surface area contributed by atoms with Crippen LogP contribution in [0.4, 0.5) is 0 Å². The number of likely N-dealkylation sites (N-methyl/N-ethyl adjacent to an activating group) is 1. The van der Waals surface area contributed by atoms with E-state index >= 15 is 0 Å². The number of piperidine rings is 1. The van der Waals surface area contributed by atoms with Gasteiger partial charge in [-0.2, -0.15) is 0 Å². The van der Waals surface area contributed by atoms with Crippen LogP contribution in [-0.2, 0) is 11.8 Å². The summed E-state index contributed by atoms with van der Waals surface area (Å²) in [5.74, 6) is 0.768. The number of carbonyl (C=O) groups is 1. The fourth-order valence-corrected chi connectivity index (χ4v) is 5.93. The third kappa shape index (κ3) is 1.99. The molecule has 2 aliphatic carbocycles. The summed E-state index contributed by atoms with van der Waals surface area (Å²) in [5, 5.41) is 21.4. The molecule has 5 heteroatoms. The summed E-state index contributed by atoms with van der Waals surface area (Å²) in [5.41, 5.74) is 1.72. The van der Waals surface area contributed by atoms with Crippen molar-refractivity contribution in [1.29, 1.82) is 0 Å². The molecule has 5 rings (SSSR count). The average Bonchev–Trinajstić information content (AvgIpc) is 2.95. The van der Waals surface area contributed by atoms with Gasteiger partial charge in [0.15, 0.2) is 17.3 Å². The van der Waals surface area contributed by atoms with Gasteiger partial charge in [0.25, 0.3) is 0 Å². The number of ether oxygens (including phenoxy) is 1. The van der Waals surface area contributed by atoms with Crippen LogP contribution < -0.4 is 4.74 Å². The third-order valence-corrected chi connectivity index (χ3v) is 7.20. The van der Waals surface area contributed by atoms with Crippen molar-refractivity contribution in [1.82, 2.24) is 4.90 Å². The zero-order valence-electron chi connectivity index (χ0n) is 16.3. The van der Waals surface area contributed by atoms with Gasteiger partial charge in [0, 0.05) is 33.9 Å². The summed E-state index contributed by atoms with van der Waals surface area (Å²) in [6.07, 6.45) is 4.49. The number of phenols is 1. The maximum absolute atomic E-state index is 13.2. The van der Waals surface area contributed by atoms with E-state index in [2.05, 4.69) is 18.0 Å². The first-order valence-electron chi connectivity index (χ1n) is 9.83. The first-order valence-corrected chi connectivity index (χ1v) is 9.83. The molecule has 1 aromatic carbocycles. The van der Waals surface area contributed by atoms with Gasteiger partial charge in [0.2, 0.25) is 0 Å². The molecular weight excluding hydrogens is 342 g/mol. The summed E-state index contributed by atoms with van der Waals surface area (Å²) in [7, 11) is 2.14. The Labute approximate surface area is 159 Å². The number of benzene rings is 1. The number of hydrogen-bond acceptors (Lipinski definition) is 5. The molecule has 5 atom stereocenters. The lowest BCUT2D eigenvalue weighted by Gasteiger charge is -2.56. The smallest absolute Gasteiger partial charge is 0.168 e. The fraction of sp³-hybridized carbons (Fsp3) is 0.591. The predicted octanol–water partition coefficient (Wildman–Crippen LogP) is 2.43. The van der Waals surface area contributed by atoms with Gasteiger partial charge in [0.05, 0.1) is 0 Å². The molecule has 4 aliphatic rings. The highest BCUT2D eigenvalue weighted by molar-refractivity contribution is 6.02. The van der Waals surface area contributed by atoms with Crippen molar-refractivity contribution in [3.63, 3.8) is 0 Å². The Morgan fingerprint density at radius 2 is 2.07 bits per heavy atom. The second-order valence-corrected chi connectivity index (χ2v) is 9.69. The van der Waals surface area contributed by atoms with E-state index in [-0.39, 0.29) is 28.9 Å². The molecule has 144 valence electrons. The molecule has 5 nitrogen and oxygen atoms in total. The van der Waals surface area contributed by atoms with Gasteiger partial charge < -0.3 is 19.8 Å². The highest BCUT2D eigenvalue weighted by Gasteiger charge is 2.64. The molecule has 2 N–H and O–H groups in total. The van der Waals surface area contributed by atoms with Crippen LogP contribution in [0.15, 0.2) is 18.2 Å². The van der Waals surface area contributed by atoms with E-state index < -0.39 is 17.6 Å². The van der Waals surface area contributed by atoms with Gasteiger partial charge in [0.1, 0.15) is 12.2 Å². The minimum absolute atomic E-state index is 0.0217. The number of aromatic hydroxyl groups is 1. The minimum Gasteiger partial charge on any atom is -0.504 e. The summed E-state index contributed by atoms with van der Waals surface area (Å²) in [6.45, 7) is 6.65. The van der Waals surface area contributed by atoms with Gasteiger partial charge in [-0.1, -0.05) is 32.9 Å². The van der Waals surface area contributed by atoms with E-state index in [4.69, 9.17) is 4.74 Å². The van der Waals surface area contributed by atoms with Crippen molar-refractivity contribution in [2.45, 2.75) is 57.3 Å². The second-order valence-electron chi connectivity index (χ2n) is 9.69. The first-order chi connectivity index (χ1) is 12.7. The molecule has 0 radical (unpaired) electrons. The Hall–Kier alpha value is -1.85. The van der Waals surface area contributed by atoms with E-state index in [1.54, 1.807) is 6.07 Å². The average molecular weight is 369 g/mol. The number of hydrogen-bond donors (Lipinski definition) is 2. The van der Waals surface area contributed by atoms with Crippen LogP contribution in [-0.4, -0.2) is 52.7 Å². The molecule has 2 bridgehead atoms. The SMILES string of the molecule is CN1CC[C@]23c4c5c(C(=O)C(C)(C)C)cc(O)c4O[C@H]2[C@@H](O)C=C[C@H]3[C@H]1C5. The van der Waals surface area contributed by atoms with Crippen LogP contribution in [0.1, 0.15) is 48.7 Å². The molecule has 1 saturated heterocycles. The van der Waals surface area contributed by atoms with Crippen molar-refractivity contribution in [3.05, 3.63) is 34.9 Å². The monoisotopic (exact) mass is 369 g/mol. The van der Waals surface area contributed by atoms with Crippen LogP contribution >= 0.6 is 0 Å². The zero-order valence-corrected chi connectivity index (χ0v) is 16.3. The molecule has 2 heterocycles. The third-order valence-electron chi connectivity index (χ3n) is 7.20. The van der Waals surface area contributed by atoms with Gasteiger partial charge in [-0.25, -0.2) is 0 Å². The molecule has 0 aromatic heterocycles. The number of rotatable bonds is 1. The Morgan fingerprint density at radius 3 is 2.78 bits per heavy atom. The maximum atomic E-state index is 13.2. The van der Waals surface area contributed by atoms with Crippen LogP contribution in [0.3, 0.4) is 0 Å². The van der Waals surface area contributed by atoms with Crippen LogP contribution in [0.2, 0.25) is 0 Å². The predicted molar refractivity (Wildman–Crippen MR) is 101 cm³/mol. The molecule has 1 fully saturated rings. The number of ketones is 1. The number of Topliss-reactive ketones (excluding diaryl/α,β-unsaturated/α-hetero) is 1. The number of likely N-dealkylation sites (tertiary alicyclic amines) is 1. The van der Waals surface area contributed by atoms with E-state index in [0.29, 0.717) is 11.3 Å². The van der Waals surface area contributed by atoms with Gasteiger partial charge in [-0.05, 0) is 38.1 Å². The summed E-state index contributed by atoms with van der Waals surface area (Å²) < 4.78 is 6.20. The van der Waals surface area contributed by atoms with Crippen molar-refractivity contribution < 1.29 is 19.7 Å². The summed E-state index contributed by atoms with van der Waals surface area (Å²) in [6, 6.07) is 1.86. The van der Waals surface area contributed by atoms with Crippen LogP contribution in [0.5, 0.6) is 11.5 Å². The largest absolute Gasteiger partial charge is 0.504 e. The Bertz CT molecular complexity index is 883. The highest BCUT2D eigenvalue weighted by Crippen LogP contribution is 2.63. The Kier molecular flexibility index (Phi) is 3.29. The van der Waals surface area contributed by atoms with Crippen molar-refractivity contribution in [3.8, 4) is 11.5 Å². The normalized spacial score (nSPS) is 36.3. The van der Waals surface area contributed by atoms with E-state index in [9.17, 15) is 15.0 Å². The van der Waals surface area contributed by atoms with Gasteiger partial charge in [-0.15, -0.1) is 0 Å². The van der Waals surface area contributed by atoms with E-state index in [1.165, 1.54) is 0 Å². The van der Waals surface area contributed by atoms with E-state index in [1.807, 2.05) is 26.8 Å². The highest BCUT2D eigenvalue weighted by atomic mass is 16.5. The lowest BCUT2D eigenvalue weighted by atomic mass is 9.52. The Morgan fingerprint density at radius 1 is 1.33 bits per heavy atom. The fourth-order valence-electron chi connectivity index (χ4n) is 5.93. The molecule has 0 amide bonds. The van der Waals surface area contributed by atoms with Crippen LogP contribution in [0.25, 0.3) is 0 Å². The summed E-state index contributed by atoms with van der Waals surface area (Å²) in [4.78, 5) is 15.6. The molecule has 0 saturated carbocycles. The molecule has 2 aliphatic heterocycles. The van der Waals surface area contributed by atoms with Gasteiger partial charge in [-0.3, -0.25) is 4.79 Å². The zero-order chi connectivity index (χ0) is 19.3. The molecule has 27 heavy (non-hydrogen) atoms. The number of carbonyl (C=O) groups excluding carboxylic acids is 1. The second kappa shape index (κ2) is 5.15. The maximum Gasteiger partial charge on any atom is 0.168 e. The number of phenolic OH excluding ortho intramolecular Hbond substituents is 1. The molecule has 1 spiro atoms. The van der Waals surface area contributed by atoms with Crippen LogP contribution in [0, 0.1) is 11.3 Å². The topological polar surface area (TPSA) is 70.0 Å². The van der Waals surface area contributed by atoms with E-state index in [0.717, 1.165) is 30.5 Å². The van der Waals surface area contributed by atoms with Crippen molar-refractivity contribution >= 4 is 5.78 Å². The standard InChI is InChI=1S/C22H27NO4/c1-21(2,3)19(26)12-10-16(25)18-17-11(12)9-14-13-5-6-15(24)20(27-18)22(13,17)7-8-23(14)4/h5-6,10,13-15,20,24-25H,7-9H2,1-4H3/t13-,14+,15-,20-,22-/m0/s1. The lowest BCUT2D eigenvalue weighted by Crippen LogP contribution is -2.65. The molecule has 0 unspecified atom stereocenters. The summed E-state index contributed by atoms with van der Waals surface area (Å²) >= 11 is 0. The quantitative estimate of drug-likeness (QED) is 0.588. The first kappa shape index (κ1) is 17.3. The minimum atomic E-state index is -0.704. The lowest BCUT2D eigenvalue weighted by molar-refractivity contribution is -0.0453. The molecule has 1 aromatic rings. The van der Waals surface area contributed by atoms with Crippen molar-refractivity contribution in [2.24, 2.45) is 11.3 Å². The molecular formula is C22H27NO4. The number of aliphatic hydroxyl groups excluding tert-OH is 1. The van der Waals surface area contributed by atoms with Crippen molar-refractivity contribution in [2.75, 3.05) is 13.6 Å². The van der Waals surface area contributed by atoms with Gasteiger partial charge >= 0.3 is 0 Å². The Balaban J connectivity index is 1.82.